The summed E-state index contributed by atoms with van der Waals surface area (Å²) in [7, 11) is 4.20. The molecule has 1 atom stereocenters. The van der Waals surface area contributed by atoms with Crippen molar-refractivity contribution < 1.29 is 0 Å². The van der Waals surface area contributed by atoms with Crippen molar-refractivity contribution in [1.29, 1.82) is 0 Å². The molecule has 0 aliphatic carbocycles. The molecule has 0 radical (unpaired) electrons. The predicted octanol–water partition coefficient (Wildman–Crippen LogP) is 3.69. The minimum atomic E-state index is 0.704. The minimum Gasteiger partial charge on any atom is -0.341 e. The Morgan fingerprint density at radius 2 is 1.83 bits per heavy atom. The average Bonchev–Trinajstić information content (AvgIpc) is 3.17. The van der Waals surface area contributed by atoms with Crippen molar-refractivity contribution in [1.82, 2.24) is 24.4 Å². The highest BCUT2D eigenvalue weighted by molar-refractivity contribution is 5.57. The first-order valence-corrected chi connectivity index (χ1v) is 10.4. The summed E-state index contributed by atoms with van der Waals surface area (Å²) < 4.78 is 2.18. The third-order valence-corrected chi connectivity index (χ3v) is 5.53. The van der Waals surface area contributed by atoms with Crippen LogP contribution in [0.5, 0.6) is 0 Å². The fourth-order valence-electron chi connectivity index (χ4n) is 4.07. The van der Waals surface area contributed by atoms with Crippen LogP contribution < -0.4 is 4.90 Å². The molecule has 0 amide bonds. The van der Waals surface area contributed by atoms with E-state index in [1.54, 1.807) is 0 Å². The Bertz CT molecular complexity index is 931. The third-order valence-electron chi connectivity index (χ3n) is 5.53. The van der Waals surface area contributed by atoms with Gasteiger partial charge >= 0.3 is 0 Å². The largest absolute Gasteiger partial charge is 0.341 e. The van der Waals surface area contributed by atoms with Crippen LogP contribution in [0.4, 0.5) is 5.95 Å². The molecule has 29 heavy (non-hydrogen) atoms. The summed E-state index contributed by atoms with van der Waals surface area (Å²) in [6, 6.07) is 8.59. The van der Waals surface area contributed by atoms with Crippen LogP contribution in [-0.4, -0.2) is 51.6 Å². The van der Waals surface area contributed by atoms with Crippen LogP contribution >= 0.6 is 0 Å². The molecule has 1 aromatic carbocycles. The van der Waals surface area contributed by atoms with Gasteiger partial charge in [0.15, 0.2) is 0 Å². The third kappa shape index (κ3) is 4.65. The summed E-state index contributed by atoms with van der Waals surface area (Å²) in [4.78, 5) is 18.2. The standard InChI is InChI=1S/C23H30N6/c1-18-7-6-10-28(14-18)23-25-11-21(12-26-23)22-13-24-17-29(22)16-20-9-5-4-8-19(20)15-27(2)3/h4-5,8-9,11-13,17-18H,6-7,10,14-16H2,1-3H3/t18-/m0/s1. The monoisotopic (exact) mass is 390 g/mol. The van der Waals surface area contributed by atoms with Crippen LogP contribution in [0.3, 0.4) is 0 Å². The lowest BCUT2D eigenvalue weighted by molar-refractivity contribution is 0.400. The highest BCUT2D eigenvalue weighted by atomic mass is 15.2. The number of piperidine rings is 1. The Hall–Kier alpha value is -2.73. The van der Waals surface area contributed by atoms with Gasteiger partial charge in [0.05, 0.1) is 18.2 Å². The second kappa shape index (κ2) is 8.74. The maximum Gasteiger partial charge on any atom is 0.225 e. The Kier molecular flexibility index (Phi) is 5.90. The molecule has 3 heterocycles. The molecule has 6 nitrogen and oxygen atoms in total. The van der Waals surface area contributed by atoms with Gasteiger partial charge in [-0.3, -0.25) is 0 Å². The lowest BCUT2D eigenvalue weighted by Crippen LogP contribution is -2.35. The van der Waals surface area contributed by atoms with Crippen LogP contribution in [0, 0.1) is 5.92 Å². The van der Waals surface area contributed by atoms with E-state index in [1.165, 1.54) is 24.0 Å². The molecule has 1 aliphatic heterocycles. The molecule has 152 valence electrons. The maximum absolute atomic E-state index is 4.66. The number of nitrogens with zero attached hydrogens (tertiary/aromatic N) is 6. The summed E-state index contributed by atoms with van der Waals surface area (Å²) in [6.45, 7) is 6.09. The summed E-state index contributed by atoms with van der Waals surface area (Å²) in [5.41, 5.74) is 4.69. The Balaban J connectivity index is 1.54. The fraction of sp³-hybridized carbons (Fsp3) is 0.435. The fourth-order valence-corrected chi connectivity index (χ4v) is 4.07. The molecule has 0 unspecified atom stereocenters. The Morgan fingerprint density at radius 3 is 2.55 bits per heavy atom. The number of hydrogen-bond acceptors (Lipinski definition) is 5. The van der Waals surface area contributed by atoms with Gasteiger partial charge in [-0.15, -0.1) is 0 Å². The SMILES string of the molecule is C[C@H]1CCCN(c2ncc(-c3cncn3Cc3ccccc3CN(C)C)cn2)C1. The van der Waals surface area contributed by atoms with Gasteiger partial charge in [-0.2, -0.15) is 0 Å². The molecule has 4 rings (SSSR count). The van der Waals surface area contributed by atoms with Gasteiger partial charge in [-0.1, -0.05) is 31.2 Å². The molecule has 1 aliphatic rings. The Labute approximate surface area is 173 Å². The molecule has 2 aromatic heterocycles. The summed E-state index contributed by atoms with van der Waals surface area (Å²) in [5.74, 6) is 1.54. The first-order chi connectivity index (χ1) is 14.1. The number of benzene rings is 1. The van der Waals surface area contributed by atoms with Gasteiger partial charge in [0, 0.05) is 44.1 Å². The van der Waals surface area contributed by atoms with E-state index in [4.69, 9.17) is 0 Å². The van der Waals surface area contributed by atoms with Crippen LogP contribution in [0.2, 0.25) is 0 Å². The topological polar surface area (TPSA) is 50.1 Å². The summed E-state index contributed by atoms with van der Waals surface area (Å²) >= 11 is 0. The summed E-state index contributed by atoms with van der Waals surface area (Å²) in [5, 5.41) is 0. The molecule has 0 bridgehead atoms. The average molecular weight is 391 g/mol. The second-order valence-electron chi connectivity index (χ2n) is 8.38. The van der Waals surface area contributed by atoms with Crippen LogP contribution in [0.1, 0.15) is 30.9 Å². The van der Waals surface area contributed by atoms with E-state index in [2.05, 4.69) is 74.6 Å². The summed E-state index contributed by atoms with van der Waals surface area (Å²) in [6.07, 6.45) is 10.2. The molecule has 0 N–H and O–H groups in total. The zero-order chi connectivity index (χ0) is 20.2. The zero-order valence-electron chi connectivity index (χ0n) is 17.6. The molecule has 3 aromatic rings. The van der Waals surface area contributed by atoms with E-state index in [1.807, 2.05) is 24.9 Å². The number of rotatable bonds is 6. The van der Waals surface area contributed by atoms with Crippen LogP contribution in [-0.2, 0) is 13.1 Å². The van der Waals surface area contributed by atoms with Crippen molar-refractivity contribution in [3.63, 3.8) is 0 Å². The van der Waals surface area contributed by atoms with E-state index in [9.17, 15) is 0 Å². The molecular formula is C23H30N6. The van der Waals surface area contributed by atoms with Crippen molar-refractivity contribution >= 4 is 5.95 Å². The maximum atomic E-state index is 4.66. The van der Waals surface area contributed by atoms with Crippen molar-refractivity contribution in [2.45, 2.75) is 32.9 Å². The first kappa shape index (κ1) is 19.6. The molecular weight excluding hydrogens is 360 g/mol. The van der Waals surface area contributed by atoms with Gasteiger partial charge in [0.1, 0.15) is 0 Å². The van der Waals surface area contributed by atoms with E-state index in [-0.39, 0.29) is 0 Å². The van der Waals surface area contributed by atoms with Crippen LogP contribution in [0.15, 0.2) is 49.2 Å². The van der Waals surface area contributed by atoms with Gasteiger partial charge in [0.25, 0.3) is 0 Å². The first-order valence-electron chi connectivity index (χ1n) is 10.4. The molecule has 1 saturated heterocycles. The highest BCUT2D eigenvalue weighted by Crippen LogP contribution is 2.23. The van der Waals surface area contributed by atoms with Gasteiger partial charge in [-0.05, 0) is 44.0 Å². The second-order valence-corrected chi connectivity index (χ2v) is 8.38. The smallest absolute Gasteiger partial charge is 0.225 e. The predicted molar refractivity (Wildman–Crippen MR) is 117 cm³/mol. The van der Waals surface area contributed by atoms with Crippen molar-refractivity contribution in [3.8, 4) is 11.3 Å². The van der Waals surface area contributed by atoms with E-state index >= 15 is 0 Å². The highest BCUT2D eigenvalue weighted by Gasteiger charge is 2.19. The van der Waals surface area contributed by atoms with Crippen LogP contribution in [0.25, 0.3) is 11.3 Å². The minimum absolute atomic E-state index is 0.704. The number of imidazole rings is 1. The van der Waals surface area contributed by atoms with Crippen molar-refractivity contribution in [3.05, 3.63) is 60.3 Å². The van der Waals surface area contributed by atoms with Crippen molar-refractivity contribution in [2.24, 2.45) is 5.92 Å². The van der Waals surface area contributed by atoms with E-state index in [0.717, 1.165) is 43.4 Å². The lowest BCUT2D eigenvalue weighted by Gasteiger charge is -2.30. The molecule has 1 fully saturated rings. The van der Waals surface area contributed by atoms with E-state index in [0.29, 0.717) is 5.92 Å². The molecule has 0 saturated carbocycles. The van der Waals surface area contributed by atoms with Crippen molar-refractivity contribution in [2.75, 3.05) is 32.1 Å². The Morgan fingerprint density at radius 1 is 1.07 bits per heavy atom. The number of anilines is 1. The molecule has 0 spiro atoms. The van der Waals surface area contributed by atoms with Gasteiger partial charge in [-0.25, -0.2) is 15.0 Å². The lowest BCUT2D eigenvalue weighted by atomic mass is 10.0. The zero-order valence-corrected chi connectivity index (χ0v) is 17.6. The van der Waals surface area contributed by atoms with E-state index < -0.39 is 0 Å². The normalized spacial score (nSPS) is 17.1. The molecule has 6 heteroatoms. The number of aromatic nitrogens is 4. The number of hydrogen-bond donors (Lipinski definition) is 0. The quantitative estimate of drug-likeness (QED) is 0.643. The van der Waals surface area contributed by atoms with Gasteiger partial charge < -0.3 is 14.4 Å². The van der Waals surface area contributed by atoms with Gasteiger partial charge in [0.2, 0.25) is 5.95 Å².